The Bertz CT molecular complexity index is 1280. The average Bonchev–Trinajstić information content (AvgIpc) is 3.56. The average molecular weight is 441 g/mol. The van der Waals surface area contributed by atoms with Gasteiger partial charge < -0.3 is 4.90 Å². The Morgan fingerprint density at radius 3 is 2.58 bits per heavy atom. The normalized spacial score (nSPS) is 25.6. The molecule has 33 heavy (non-hydrogen) atoms. The van der Waals surface area contributed by atoms with E-state index >= 15 is 0 Å². The maximum Gasteiger partial charge on any atom is 0.255 e. The van der Waals surface area contributed by atoms with Gasteiger partial charge in [0.15, 0.2) is 0 Å². The van der Waals surface area contributed by atoms with Crippen LogP contribution in [0.3, 0.4) is 0 Å². The van der Waals surface area contributed by atoms with Gasteiger partial charge in [0.05, 0.1) is 34.5 Å². The first kappa shape index (κ1) is 20.2. The number of carbonyl (C=O) groups is 1. The summed E-state index contributed by atoms with van der Waals surface area (Å²) in [6, 6.07) is 2.81. The molecule has 1 saturated heterocycles. The summed E-state index contributed by atoms with van der Waals surface area (Å²) < 4.78 is 1.84. The monoisotopic (exact) mass is 440 g/mol. The Hall–Kier alpha value is -3.45. The number of piperazine rings is 1. The zero-order valence-electron chi connectivity index (χ0n) is 19.1. The molecular formula is C26H28N6O. The Balaban J connectivity index is 1.27. The topological polar surface area (TPSA) is 57.0 Å². The molecule has 5 heterocycles. The van der Waals surface area contributed by atoms with Gasteiger partial charge >= 0.3 is 0 Å². The van der Waals surface area contributed by atoms with Gasteiger partial charge in [0.25, 0.3) is 5.91 Å². The fraction of sp³-hybridized carbons (Fsp3) is 0.346. The number of amides is 1. The third-order valence-electron chi connectivity index (χ3n) is 6.82. The van der Waals surface area contributed by atoms with E-state index in [-0.39, 0.29) is 5.91 Å². The molecule has 168 valence electrons. The molecule has 1 saturated carbocycles. The predicted octanol–water partition coefficient (Wildman–Crippen LogP) is 3.20. The molecule has 3 aliphatic heterocycles. The van der Waals surface area contributed by atoms with Crippen molar-refractivity contribution in [1.29, 1.82) is 0 Å². The van der Waals surface area contributed by atoms with Crippen molar-refractivity contribution in [3.8, 4) is 0 Å². The van der Waals surface area contributed by atoms with E-state index < -0.39 is 0 Å². The Labute approximate surface area is 193 Å². The second kappa shape index (κ2) is 7.85. The van der Waals surface area contributed by atoms with Gasteiger partial charge in [-0.2, -0.15) is 5.10 Å². The molecule has 0 radical (unpaired) electrons. The Morgan fingerprint density at radius 2 is 1.79 bits per heavy atom. The second-order valence-electron chi connectivity index (χ2n) is 9.23. The first-order valence-electron chi connectivity index (χ1n) is 11.7. The quantitative estimate of drug-likeness (QED) is 0.734. The number of hydrogen-bond donors (Lipinski definition) is 0. The molecule has 2 fully saturated rings. The first-order chi connectivity index (χ1) is 16.0. The SMILES string of the molecule is Cc1cn2nc(C3=C\C(=O)N4C=C(N5CCN(C6CC6)CC5)C=C\C4=C/C=C/3)cc2c(C)n1. The highest BCUT2D eigenvalue weighted by Crippen LogP contribution is 2.29. The van der Waals surface area contributed by atoms with Gasteiger partial charge in [0.1, 0.15) is 0 Å². The van der Waals surface area contributed by atoms with Crippen LogP contribution < -0.4 is 0 Å². The smallest absolute Gasteiger partial charge is 0.255 e. The molecule has 0 bridgehead atoms. The minimum absolute atomic E-state index is 0.0675. The number of allylic oxidation sites excluding steroid dienone is 6. The van der Waals surface area contributed by atoms with Crippen molar-refractivity contribution in [3.05, 3.63) is 83.4 Å². The summed E-state index contributed by atoms with van der Waals surface area (Å²) in [6.07, 6.45) is 18.3. The standard InChI is InChI=1S/C26H28N6O/c1-18-16-32-25(19(2)27-18)15-24(28-32)20-4-3-5-22-8-9-23(17-31(22)26(33)14-20)30-12-10-29(11-13-30)21-6-7-21/h3-5,8-9,14-17,21H,6-7,10-13H2,1-2H3/b4-3+,20-14+,22-5+. The Morgan fingerprint density at radius 1 is 1.00 bits per heavy atom. The fourth-order valence-corrected chi connectivity index (χ4v) is 4.89. The number of nitrogens with zero attached hydrogens (tertiary/aromatic N) is 6. The van der Waals surface area contributed by atoms with Crippen LogP contribution in [0.5, 0.6) is 0 Å². The lowest BCUT2D eigenvalue weighted by molar-refractivity contribution is -0.122. The second-order valence-corrected chi connectivity index (χ2v) is 9.23. The molecule has 0 unspecified atom stereocenters. The number of rotatable bonds is 3. The van der Waals surface area contributed by atoms with Crippen LogP contribution in [0.25, 0.3) is 11.1 Å². The molecule has 0 atom stereocenters. The largest absolute Gasteiger partial charge is 0.368 e. The van der Waals surface area contributed by atoms with Crippen LogP contribution in [0.2, 0.25) is 0 Å². The van der Waals surface area contributed by atoms with Gasteiger partial charge in [-0.3, -0.25) is 19.6 Å². The summed E-state index contributed by atoms with van der Waals surface area (Å²) in [5, 5.41) is 4.71. The van der Waals surface area contributed by atoms with Crippen LogP contribution in [0.15, 0.2) is 66.3 Å². The predicted molar refractivity (Wildman–Crippen MR) is 128 cm³/mol. The Kier molecular flexibility index (Phi) is 4.80. The minimum atomic E-state index is -0.0675. The highest BCUT2D eigenvalue weighted by atomic mass is 16.2. The maximum atomic E-state index is 13.3. The molecule has 1 amide bonds. The lowest BCUT2D eigenvalue weighted by Gasteiger charge is -2.38. The molecule has 1 aliphatic carbocycles. The van der Waals surface area contributed by atoms with Crippen LogP contribution in [0.1, 0.15) is 29.9 Å². The molecule has 0 aromatic carbocycles. The minimum Gasteiger partial charge on any atom is -0.368 e. The lowest BCUT2D eigenvalue weighted by Crippen LogP contribution is -2.47. The van der Waals surface area contributed by atoms with Crippen molar-refractivity contribution in [2.24, 2.45) is 0 Å². The van der Waals surface area contributed by atoms with Crippen molar-refractivity contribution < 1.29 is 4.79 Å². The van der Waals surface area contributed by atoms with E-state index in [1.54, 1.807) is 11.0 Å². The highest BCUT2D eigenvalue weighted by molar-refractivity contribution is 5.99. The molecule has 2 aromatic heterocycles. The third-order valence-corrected chi connectivity index (χ3v) is 6.82. The van der Waals surface area contributed by atoms with Crippen LogP contribution in [0.4, 0.5) is 0 Å². The number of fused-ring (bicyclic) bond motifs is 2. The zero-order chi connectivity index (χ0) is 22.5. The summed E-state index contributed by atoms with van der Waals surface area (Å²) in [4.78, 5) is 24.6. The first-order valence-corrected chi connectivity index (χ1v) is 11.7. The molecule has 0 spiro atoms. The summed E-state index contributed by atoms with van der Waals surface area (Å²) >= 11 is 0. The van der Waals surface area contributed by atoms with Gasteiger partial charge in [0, 0.05) is 55.8 Å². The number of aryl methyl sites for hydroxylation is 2. The van der Waals surface area contributed by atoms with Crippen molar-refractivity contribution >= 4 is 17.0 Å². The number of aromatic nitrogens is 3. The van der Waals surface area contributed by atoms with Gasteiger partial charge in [-0.1, -0.05) is 12.2 Å². The summed E-state index contributed by atoms with van der Waals surface area (Å²) in [7, 11) is 0. The van der Waals surface area contributed by atoms with E-state index in [1.165, 1.54) is 12.8 Å². The van der Waals surface area contributed by atoms with E-state index in [1.807, 2.05) is 61.1 Å². The zero-order valence-corrected chi connectivity index (χ0v) is 19.1. The summed E-state index contributed by atoms with van der Waals surface area (Å²) in [5.74, 6) is -0.0675. The van der Waals surface area contributed by atoms with Gasteiger partial charge in [0.2, 0.25) is 0 Å². The van der Waals surface area contributed by atoms with Crippen molar-refractivity contribution in [1.82, 2.24) is 29.3 Å². The molecular weight excluding hydrogens is 412 g/mol. The maximum absolute atomic E-state index is 13.3. The van der Waals surface area contributed by atoms with E-state index in [2.05, 4.69) is 20.9 Å². The van der Waals surface area contributed by atoms with Gasteiger partial charge in [-0.15, -0.1) is 0 Å². The number of carbonyl (C=O) groups excluding carboxylic acids is 1. The van der Waals surface area contributed by atoms with Crippen molar-refractivity contribution in [2.75, 3.05) is 26.2 Å². The van der Waals surface area contributed by atoms with Crippen molar-refractivity contribution in [2.45, 2.75) is 32.7 Å². The summed E-state index contributed by atoms with van der Waals surface area (Å²) in [6.45, 7) is 8.14. The summed E-state index contributed by atoms with van der Waals surface area (Å²) in [5.41, 5.74) is 6.31. The van der Waals surface area contributed by atoms with Gasteiger partial charge in [-0.25, -0.2) is 4.52 Å². The van der Waals surface area contributed by atoms with Crippen LogP contribution >= 0.6 is 0 Å². The van der Waals surface area contributed by atoms with E-state index in [0.717, 1.165) is 71.8 Å². The van der Waals surface area contributed by atoms with E-state index in [4.69, 9.17) is 5.10 Å². The van der Waals surface area contributed by atoms with E-state index in [9.17, 15) is 4.79 Å². The lowest BCUT2D eigenvalue weighted by atomic mass is 10.1. The highest BCUT2D eigenvalue weighted by Gasteiger charge is 2.32. The van der Waals surface area contributed by atoms with Gasteiger partial charge in [-0.05, 0) is 51.0 Å². The molecule has 4 aliphatic rings. The molecule has 0 N–H and O–H groups in total. The van der Waals surface area contributed by atoms with E-state index in [0.29, 0.717) is 0 Å². The molecule has 7 nitrogen and oxygen atoms in total. The van der Waals surface area contributed by atoms with Crippen LogP contribution in [0, 0.1) is 13.8 Å². The third kappa shape index (κ3) is 3.82. The molecule has 7 heteroatoms. The molecule has 2 aromatic rings. The van der Waals surface area contributed by atoms with Crippen LogP contribution in [-0.4, -0.2) is 67.4 Å². The molecule has 6 rings (SSSR count). The van der Waals surface area contributed by atoms with Crippen LogP contribution in [-0.2, 0) is 4.79 Å². The fourth-order valence-electron chi connectivity index (χ4n) is 4.89. The van der Waals surface area contributed by atoms with Crippen molar-refractivity contribution in [3.63, 3.8) is 0 Å². The number of hydrogen-bond acceptors (Lipinski definition) is 5.